The van der Waals surface area contributed by atoms with Crippen molar-refractivity contribution < 1.29 is 28.6 Å². The number of hydrogen-bond donors (Lipinski definition) is 0. The number of benzene rings is 1. The number of ether oxygens (including phenoxy) is 3. The van der Waals surface area contributed by atoms with Crippen LogP contribution >= 0.6 is 0 Å². The van der Waals surface area contributed by atoms with Crippen LogP contribution in [0.25, 0.3) is 0 Å². The lowest BCUT2D eigenvalue weighted by atomic mass is 10.1. The van der Waals surface area contributed by atoms with E-state index in [2.05, 4.69) is 11.8 Å². The lowest BCUT2D eigenvalue weighted by Gasteiger charge is -2.43. The second-order valence-corrected chi connectivity index (χ2v) is 11.9. The zero-order valence-corrected chi connectivity index (χ0v) is 24.2. The smallest absolute Gasteiger partial charge is 0.410 e. The van der Waals surface area contributed by atoms with Crippen molar-refractivity contribution >= 4 is 24.1 Å². The molecule has 1 aromatic carbocycles. The highest BCUT2D eigenvalue weighted by Gasteiger charge is 2.41. The second kappa shape index (κ2) is 11.8. The molecule has 3 aliphatic heterocycles. The van der Waals surface area contributed by atoms with Gasteiger partial charge in [-0.2, -0.15) is 0 Å². The molecule has 11 heteroatoms. The SMILES string of the molecule is CC1CN(C(=O)OC(C)(C)C)CC2Cc3ccc(COC(=O)N4CCN(C(=O)OCc5ccccc5)CC4)nc3N12. The number of hydrogen-bond acceptors (Lipinski definition) is 8. The van der Waals surface area contributed by atoms with Gasteiger partial charge in [0.05, 0.1) is 11.7 Å². The first-order chi connectivity index (χ1) is 19.6. The fourth-order valence-electron chi connectivity index (χ4n) is 5.55. The number of fused-ring (bicyclic) bond motifs is 3. The number of piperazine rings is 2. The molecule has 4 heterocycles. The molecule has 2 aromatic rings. The van der Waals surface area contributed by atoms with E-state index in [1.807, 2.05) is 63.2 Å². The Morgan fingerprint density at radius 1 is 0.829 bits per heavy atom. The minimum absolute atomic E-state index is 0.0579. The molecular weight excluding hydrogens is 526 g/mol. The zero-order chi connectivity index (χ0) is 29.1. The maximum absolute atomic E-state index is 12.8. The van der Waals surface area contributed by atoms with Gasteiger partial charge in [-0.25, -0.2) is 19.4 Å². The molecule has 41 heavy (non-hydrogen) atoms. The fourth-order valence-corrected chi connectivity index (χ4v) is 5.55. The van der Waals surface area contributed by atoms with Crippen LogP contribution in [-0.2, 0) is 33.8 Å². The van der Waals surface area contributed by atoms with E-state index < -0.39 is 11.7 Å². The minimum Gasteiger partial charge on any atom is -0.445 e. The van der Waals surface area contributed by atoms with Gasteiger partial charge in [-0.1, -0.05) is 36.4 Å². The first kappa shape index (κ1) is 28.5. The van der Waals surface area contributed by atoms with E-state index in [1.165, 1.54) is 0 Å². The van der Waals surface area contributed by atoms with Gasteiger partial charge in [0.1, 0.15) is 24.6 Å². The molecule has 2 atom stereocenters. The molecule has 0 radical (unpaired) electrons. The molecule has 220 valence electrons. The zero-order valence-electron chi connectivity index (χ0n) is 24.2. The molecule has 11 nitrogen and oxygen atoms in total. The Kier molecular flexibility index (Phi) is 8.23. The first-order valence-electron chi connectivity index (χ1n) is 14.2. The number of aromatic nitrogens is 1. The number of carbonyl (C=O) groups is 3. The van der Waals surface area contributed by atoms with Crippen molar-refractivity contribution in [2.75, 3.05) is 44.2 Å². The van der Waals surface area contributed by atoms with Gasteiger partial charge in [-0.15, -0.1) is 0 Å². The maximum Gasteiger partial charge on any atom is 0.410 e. The Morgan fingerprint density at radius 2 is 1.46 bits per heavy atom. The van der Waals surface area contributed by atoms with E-state index in [4.69, 9.17) is 19.2 Å². The van der Waals surface area contributed by atoms with Crippen LogP contribution in [0.1, 0.15) is 44.5 Å². The second-order valence-electron chi connectivity index (χ2n) is 11.9. The van der Waals surface area contributed by atoms with Crippen molar-refractivity contribution in [2.45, 2.75) is 65.0 Å². The molecule has 3 aliphatic rings. The lowest BCUT2D eigenvalue weighted by Crippen LogP contribution is -2.58. The summed E-state index contributed by atoms with van der Waals surface area (Å²) in [5.41, 5.74) is 2.18. The standard InChI is InChI=1S/C30H39N5O6/c1-21-17-34(29(38)41-30(2,3)4)18-25-16-23-10-11-24(31-26(23)35(21)25)20-40-28(37)33-14-12-32(13-15-33)27(36)39-19-22-8-6-5-7-9-22/h5-11,21,25H,12-20H2,1-4H3. The Labute approximate surface area is 240 Å². The van der Waals surface area contributed by atoms with Crippen LogP contribution in [0.2, 0.25) is 0 Å². The van der Waals surface area contributed by atoms with Crippen LogP contribution in [-0.4, -0.2) is 94.9 Å². The molecule has 0 aliphatic carbocycles. The normalized spacial score (nSPS) is 20.3. The number of anilines is 1. The summed E-state index contributed by atoms with van der Waals surface area (Å²) in [4.78, 5) is 50.0. The Morgan fingerprint density at radius 3 is 2.10 bits per heavy atom. The number of carbonyl (C=O) groups excluding carboxylic acids is 3. The molecule has 0 bridgehead atoms. The van der Waals surface area contributed by atoms with Crippen LogP contribution < -0.4 is 4.90 Å². The van der Waals surface area contributed by atoms with Gasteiger partial charge in [0.2, 0.25) is 0 Å². The fraction of sp³-hybridized carbons (Fsp3) is 0.533. The van der Waals surface area contributed by atoms with E-state index in [9.17, 15) is 14.4 Å². The number of rotatable bonds is 4. The first-order valence-corrected chi connectivity index (χ1v) is 14.2. The summed E-state index contributed by atoms with van der Waals surface area (Å²) < 4.78 is 16.6. The third-order valence-corrected chi connectivity index (χ3v) is 7.49. The molecule has 0 N–H and O–H groups in total. The molecule has 5 rings (SSSR count). The summed E-state index contributed by atoms with van der Waals surface area (Å²) in [6.07, 6.45) is -0.305. The average Bonchev–Trinajstić information content (AvgIpc) is 3.32. The number of amides is 3. The molecule has 2 fully saturated rings. The summed E-state index contributed by atoms with van der Waals surface area (Å²) in [5.74, 6) is 0.891. The summed E-state index contributed by atoms with van der Waals surface area (Å²) in [6.45, 7) is 10.6. The van der Waals surface area contributed by atoms with Crippen LogP contribution in [0.4, 0.5) is 20.2 Å². The van der Waals surface area contributed by atoms with E-state index in [1.54, 1.807) is 14.7 Å². The molecular formula is C30H39N5O6. The molecule has 2 unspecified atom stereocenters. The Hall–Kier alpha value is -4.02. The molecule has 2 saturated heterocycles. The number of nitrogens with zero attached hydrogens (tertiary/aromatic N) is 5. The Balaban J connectivity index is 1.09. The predicted molar refractivity (Wildman–Crippen MR) is 151 cm³/mol. The van der Waals surface area contributed by atoms with Crippen LogP contribution in [0.5, 0.6) is 0 Å². The van der Waals surface area contributed by atoms with Gasteiger partial charge < -0.3 is 33.8 Å². The summed E-state index contributed by atoms with van der Waals surface area (Å²) >= 11 is 0. The van der Waals surface area contributed by atoms with Gasteiger partial charge in [0, 0.05) is 45.3 Å². The van der Waals surface area contributed by atoms with Crippen LogP contribution in [0, 0.1) is 0 Å². The molecule has 1 aromatic heterocycles. The maximum atomic E-state index is 12.8. The lowest BCUT2D eigenvalue weighted by molar-refractivity contribution is 0.0191. The third kappa shape index (κ3) is 6.83. The van der Waals surface area contributed by atoms with Gasteiger partial charge >= 0.3 is 18.3 Å². The van der Waals surface area contributed by atoms with Crippen molar-refractivity contribution in [1.82, 2.24) is 19.7 Å². The van der Waals surface area contributed by atoms with E-state index in [0.29, 0.717) is 45.0 Å². The van der Waals surface area contributed by atoms with Crippen LogP contribution in [0.3, 0.4) is 0 Å². The summed E-state index contributed by atoms with van der Waals surface area (Å²) in [6, 6.07) is 13.7. The van der Waals surface area contributed by atoms with Crippen molar-refractivity contribution in [3.8, 4) is 0 Å². The molecule has 3 amide bonds. The van der Waals surface area contributed by atoms with Crippen molar-refractivity contribution in [1.29, 1.82) is 0 Å². The topological polar surface area (TPSA) is 105 Å². The summed E-state index contributed by atoms with van der Waals surface area (Å²) in [5, 5.41) is 0. The minimum atomic E-state index is -0.536. The number of pyridine rings is 1. The van der Waals surface area contributed by atoms with Crippen LogP contribution in [0.15, 0.2) is 42.5 Å². The highest BCUT2D eigenvalue weighted by molar-refractivity contribution is 5.71. The quantitative estimate of drug-likeness (QED) is 0.512. The van der Waals surface area contributed by atoms with Crippen molar-refractivity contribution in [2.24, 2.45) is 0 Å². The van der Waals surface area contributed by atoms with E-state index in [-0.39, 0.29) is 37.5 Å². The van der Waals surface area contributed by atoms with Crippen molar-refractivity contribution in [3.05, 3.63) is 59.3 Å². The highest BCUT2D eigenvalue weighted by atomic mass is 16.6. The van der Waals surface area contributed by atoms with E-state index >= 15 is 0 Å². The molecule has 0 spiro atoms. The monoisotopic (exact) mass is 565 g/mol. The van der Waals surface area contributed by atoms with Gasteiger partial charge in [0.25, 0.3) is 0 Å². The average molecular weight is 566 g/mol. The highest BCUT2D eigenvalue weighted by Crippen LogP contribution is 2.35. The third-order valence-electron chi connectivity index (χ3n) is 7.49. The predicted octanol–water partition coefficient (Wildman–Crippen LogP) is 4.04. The van der Waals surface area contributed by atoms with Crippen molar-refractivity contribution in [3.63, 3.8) is 0 Å². The van der Waals surface area contributed by atoms with Gasteiger partial charge in [-0.3, -0.25) is 0 Å². The summed E-state index contributed by atoms with van der Waals surface area (Å²) in [7, 11) is 0. The van der Waals surface area contributed by atoms with Gasteiger partial charge in [0.15, 0.2) is 0 Å². The largest absolute Gasteiger partial charge is 0.445 e. The Bertz CT molecular complexity index is 1260. The van der Waals surface area contributed by atoms with E-state index in [0.717, 1.165) is 23.4 Å². The van der Waals surface area contributed by atoms with Gasteiger partial charge in [-0.05, 0) is 51.3 Å². The molecule has 0 saturated carbocycles.